The minimum absolute atomic E-state index is 0.159. The van der Waals surface area contributed by atoms with Gasteiger partial charge in [0, 0.05) is 17.8 Å². The zero-order chi connectivity index (χ0) is 21.6. The number of sulfonamides is 1. The maximum absolute atomic E-state index is 12.8. The van der Waals surface area contributed by atoms with E-state index in [9.17, 15) is 34.8 Å². The topological polar surface area (TPSA) is 87.7 Å². The van der Waals surface area contributed by atoms with Crippen molar-refractivity contribution in [3.63, 3.8) is 0 Å². The zero-order valence-electron chi connectivity index (χ0n) is 14.4. The number of hydrogen-bond donors (Lipinski definition) is 2. The Hall–Kier alpha value is -2.67. The van der Waals surface area contributed by atoms with Gasteiger partial charge in [-0.3, -0.25) is 4.98 Å². The van der Waals surface area contributed by atoms with Gasteiger partial charge in [-0.2, -0.15) is 31.1 Å². The van der Waals surface area contributed by atoms with Crippen molar-refractivity contribution in [2.24, 2.45) is 0 Å². The molecule has 1 unspecified atom stereocenters. The molecule has 0 aliphatic heterocycles. The van der Waals surface area contributed by atoms with Crippen molar-refractivity contribution in [2.45, 2.75) is 30.2 Å². The quantitative estimate of drug-likeness (QED) is 0.606. The highest BCUT2D eigenvalue weighted by molar-refractivity contribution is 7.89. The Morgan fingerprint density at radius 3 is 2.28 bits per heavy atom. The first-order valence-corrected chi connectivity index (χ1v) is 9.37. The number of nitrogens with one attached hydrogen (secondary N) is 2. The number of rotatable bonds is 4. The minimum Gasteiger partial charge on any atom is -0.338 e. The summed E-state index contributed by atoms with van der Waals surface area (Å²) in [6.07, 6.45) is -7.81. The van der Waals surface area contributed by atoms with Crippen LogP contribution in [0, 0.1) is 0 Å². The van der Waals surface area contributed by atoms with E-state index in [2.05, 4.69) is 15.0 Å². The van der Waals surface area contributed by atoms with Crippen LogP contribution in [-0.2, 0) is 16.2 Å². The lowest BCUT2D eigenvalue weighted by Crippen LogP contribution is -2.42. The van der Waals surface area contributed by atoms with Crippen LogP contribution in [0.3, 0.4) is 0 Å². The fourth-order valence-corrected chi connectivity index (χ4v) is 3.55. The minimum atomic E-state index is -4.76. The van der Waals surface area contributed by atoms with Gasteiger partial charge in [0.1, 0.15) is 16.6 Å². The van der Waals surface area contributed by atoms with Gasteiger partial charge in [-0.05, 0) is 31.2 Å². The zero-order valence-corrected chi connectivity index (χ0v) is 15.2. The van der Waals surface area contributed by atoms with Gasteiger partial charge in [0.2, 0.25) is 10.0 Å². The molecular weight excluding hydrogens is 426 g/mol. The Labute approximate surface area is 160 Å². The Morgan fingerprint density at radius 1 is 1.03 bits per heavy atom. The van der Waals surface area contributed by atoms with Crippen LogP contribution in [0.15, 0.2) is 41.6 Å². The number of H-pyrrole nitrogens is 1. The molecule has 6 nitrogen and oxygen atoms in total. The number of halogens is 6. The summed E-state index contributed by atoms with van der Waals surface area (Å²) in [7, 11) is -4.47. The molecule has 3 heterocycles. The van der Waals surface area contributed by atoms with Crippen LogP contribution in [0.25, 0.3) is 22.4 Å². The third kappa shape index (κ3) is 4.50. The summed E-state index contributed by atoms with van der Waals surface area (Å²) >= 11 is 0. The van der Waals surface area contributed by atoms with Crippen LogP contribution < -0.4 is 4.72 Å². The Bertz CT molecular complexity index is 1140. The molecule has 1 atom stereocenters. The summed E-state index contributed by atoms with van der Waals surface area (Å²) in [6.45, 7) is 0.659. The van der Waals surface area contributed by atoms with Crippen LogP contribution in [0.2, 0.25) is 0 Å². The fraction of sp³-hybridized carbons (Fsp3) is 0.250. The van der Waals surface area contributed by atoms with Crippen LogP contribution >= 0.6 is 0 Å². The first kappa shape index (κ1) is 21.0. The second-order valence-corrected chi connectivity index (χ2v) is 7.82. The van der Waals surface area contributed by atoms with Crippen molar-refractivity contribution in [2.75, 3.05) is 0 Å². The number of nitrogens with zero attached hydrogens (tertiary/aromatic N) is 2. The van der Waals surface area contributed by atoms with E-state index in [1.165, 1.54) is 16.9 Å². The first-order chi connectivity index (χ1) is 13.3. The Kier molecular flexibility index (Phi) is 5.07. The molecule has 0 aliphatic carbocycles. The predicted molar refractivity (Wildman–Crippen MR) is 90.2 cm³/mol. The van der Waals surface area contributed by atoms with Gasteiger partial charge in [0.15, 0.2) is 0 Å². The number of fused-ring (bicyclic) bond motifs is 1. The molecule has 0 radical (unpaired) electrons. The highest BCUT2D eigenvalue weighted by atomic mass is 32.2. The lowest BCUT2D eigenvalue weighted by Gasteiger charge is -2.17. The molecule has 0 aromatic carbocycles. The molecule has 3 aromatic rings. The summed E-state index contributed by atoms with van der Waals surface area (Å²) in [5.41, 5.74) is -0.353. The van der Waals surface area contributed by atoms with Gasteiger partial charge in [0.05, 0.1) is 17.0 Å². The SMILES string of the molecule is CC(NS(=O)(=O)c1ccc(-c2cc3cc(C(F)(F)F)cnc3[nH]2)nc1)C(F)(F)F. The number of aromatic nitrogens is 3. The third-order valence-electron chi connectivity index (χ3n) is 3.94. The summed E-state index contributed by atoms with van der Waals surface area (Å²) in [5, 5.41) is 0.161. The smallest absolute Gasteiger partial charge is 0.338 e. The highest BCUT2D eigenvalue weighted by Gasteiger charge is 2.39. The van der Waals surface area contributed by atoms with E-state index in [4.69, 9.17) is 0 Å². The predicted octanol–water partition coefficient (Wildman–Crippen LogP) is 3.87. The van der Waals surface area contributed by atoms with Crippen LogP contribution in [0.4, 0.5) is 26.3 Å². The van der Waals surface area contributed by atoms with E-state index in [1.54, 1.807) is 0 Å². The van der Waals surface area contributed by atoms with Crippen molar-refractivity contribution in [1.82, 2.24) is 19.7 Å². The molecule has 0 fully saturated rings. The van der Waals surface area contributed by atoms with E-state index in [0.717, 1.165) is 18.3 Å². The van der Waals surface area contributed by atoms with E-state index in [-0.39, 0.29) is 22.4 Å². The molecule has 0 saturated heterocycles. The van der Waals surface area contributed by atoms with Crippen molar-refractivity contribution in [3.05, 3.63) is 42.2 Å². The standard InChI is InChI=1S/C16H12F6N4O2S/c1-8(15(17,18)19)26-29(27,28)11-2-3-12(23-7-11)13-5-9-4-10(16(20,21)22)6-24-14(9)25-13/h2-8,26H,1H3,(H,24,25). The summed E-state index contributed by atoms with van der Waals surface area (Å²) in [4.78, 5) is 9.81. The Morgan fingerprint density at radius 2 is 1.72 bits per heavy atom. The average molecular weight is 438 g/mol. The monoisotopic (exact) mass is 438 g/mol. The van der Waals surface area contributed by atoms with Gasteiger partial charge in [-0.25, -0.2) is 13.4 Å². The molecule has 2 N–H and O–H groups in total. The molecule has 0 saturated carbocycles. The maximum Gasteiger partial charge on any atom is 0.417 e. The maximum atomic E-state index is 12.8. The van der Waals surface area contributed by atoms with Gasteiger partial charge in [-0.1, -0.05) is 0 Å². The fourth-order valence-electron chi connectivity index (χ4n) is 2.37. The second kappa shape index (κ2) is 6.99. The van der Waals surface area contributed by atoms with E-state index < -0.39 is 38.9 Å². The normalized spacial score (nSPS) is 14.3. The second-order valence-electron chi connectivity index (χ2n) is 6.11. The van der Waals surface area contributed by atoms with Crippen LogP contribution in [0.1, 0.15) is 12.5 Å². The van der Waals surface area contributed by atoms with Gasteiger partial charge >= 0.3 is 12.4 Å². The van der Waals surface area contributed by atoms with Crippen molar-refractivity contribution in [3.8, 4) is 11.4 Å². The van der Waals surface area contributed by atoms with Crippen LogP contribution in [0.5, 0.6) is 0 Å². The summed E-state index contributed by atoms with van der Waals surface area (Å²) in [6, 6.07) is 2.19. The van der Waals surface area contributed by atoms with Crippen molar-refractivity contribution in [1.29, 1.82) is 0 Å². The molecule has 29 heavy (non-hydrogen) atoms. The number of aromatic amines is 1. The number of pyridine rings is 2. The molecule has 0 bridgehead atoms. The summed E-state index contributed by atoms with van der Waals surface area (Å²) in [5.74, 6) is 0. The van der Waals surface area contributed by atoms with Gasteiger partial charge in [-0.15, -0.1) is 0 Å². The molecule has 13 heteroatoms. The Balaban J connectivity index is 1.88. The average Bonchev–Trinajstić information content (AvgIpc) is 3.03. The van der Waals surface area contributed by atoms with Gasteiger partial charge in [0.25, 0.3) is 0 Å². The molecule has 3 rings (SSSR count). The lowest BCUT2D eigenvalue weighted by molar-refractivity contribution is -0.147. The van der Waals surface area contributed by atoms with E-state index in [1.807, 2.05) is 0 Å². The first-order valence-electron chi connectivity index (χ1n) is 7.89. The number of hydrogen-bond acceptors (Lipinski definition) is 4. The van der Waals surface area contributed by atoms with Crippen molar-refractivity contribution >= 4 is 21.1 Å². The summed E-state index contributed by atoms with van der Waals surface area (Å²) < 4.78 is 102. The van der Waals surface area contributed by atoms with Gasteiger partial charge < -0.3 is 4.98 Å². The van der Waals surface area contributed by atoms with E-state index in [0.29, 0.717) is 13.1 Å². The molecule has 0 amide bonds. The molecule has 156 valence electrons. The largest absolute Gasteiger partial charge is 0.417 e. The molecule has 0 aliphatic rings. The van der Waals surface area contributed by atoms with Crippen molar-refractivity contribution < 1.29 is 34.8 Å². The highest BCUT2D eigenvalue weighted by Crippen LogP contribution is 2.31. The molecular formula is C16H12F6N4O2S. The molecule has 0 spiro atoms. The van der Waals surface area contributed by atoms with Crippen LogP contribution in [-0.4, -0.2) is 35.6 Å². The molecule has 3 aromatic heterocycles. The third-order valence-corrected chi connectivity index (χ3v) is 5.47. The van der Waals surface area contributed by atoms with E-state index >= 15 is 0 Å². The number of alkyl halides is 6. The lowest BCUT2D eigenvalue weighted by atomic mass is 10.2.